The van der Waals surface area contributed by atoms with Crippen LogP contribution in [0.3, 0.4) is 0 Å². The van der Waals surface area contributed by atoms with Crippen LogP contribution in [0.15, 0.2) is 0 Å². The Kier molecular flexibility index (Phi) is 7.13. The van der Waals surface area contributed by atoms with Gasteiger partial charge in [-0.05, 0) is 38.3 Å². The molecule has 4 atom stereocenters. The first kappa shape index (κ1) is 24.4. The Hall–Kier alpha value is -2.21. The number of hydrogen-bond donors (Lipinski definition) is 3. The van der Waals surface area contributed by atoms with Crippen LogP contribution in [-0.2, 0) is 33.3 Å². The minimum atomic E-state index is -5.58. The number of urea groups is 1. The molecular formula is C15H22F3N5O8S. The van der Waals surface area contributed by atoms with Crippen LogP contribution in [-0.4, -0.2) is 86.8 Å². The van der Waals surface area contributed by atoms with Crippen LogP contribution in [0.5, 0.6) is 0 Å². The molecule has 3 amide bonds. The van der Waals surface area contributed by atoms with E-state index in [1.807, 2.05) is 0 Å². The first-order chi connectivity index (χ1) is 14.9. The zero-order valence-electron chi connectivity index (χ0n) is 16.5. The first-order valence-electron chi connectivity index (χ1n) is 9.61. The maximum absolute atomic E-state index is 12.5. The average molecular weight is 489 g/mol. The molecule has 3 rings (SSSR count). The number of hydrogen-bond acceptors (Lipinski definition) is 10. The summed E-state index contributed by atoms with van der Waals surface area (Å²) in [6.07, 6.45) is -4.58. The molecule has 3 aliphatic heterocycles. The summed E-state index contributed by atoms with van der Waals surface area (Å²) < 4.78 is 67.5. The van der Waals surface area contributed by atoms with Crippen molar-refractivity contribution in [1.29, 1.82) is 0 Å². The lowest BCUT2D eigenvalue weighted by atomic mass is 10.0. The minimum absolute atomic E-state index is 0.00140. The Bertz CT molecular complexity index is 856. The van der Waals surface area contributed by atoms with Gasteiger partial charge in [-0.2, -0.15) is 26.7 Å². The van der Waals surface area contributed by atoms with Gasteiger partial charge in [-0.15, -0.1) is 4.28 Å². The summed E-state index contributed by atoms with van der Waals surface area (Å²) in [6.45, 7) is 1.31. The molecule has 13 nitrogen and oxygen atoms in total. The molecular weight excluding hydrogens is 467 g/mol. The number of rotatable bonds is 8. The molecule has 0 aromatic carbocycles. The molecule has 0 spiro atoms. The molecule has 4 N–H and O–H groups in total. The van der Waals surface area contributed by atoms with Crippen molar-refractivity contribution in [3.8, 4) is 0 Å². The van der Waals surface area contributed by atoms with Gasteiger partial charge in [0.2, 0.25) is 0 Å². The molecule has 3 aliphatic rings. The topological polar surface area (TPSA) is 170 Å². The highest BCUT2D eigenvalue weighted by Crippen LogP contribution is 2.31. The molecule has 0 radical (unpaired) electrons. The fraction of sp³-hybridized carbons (Fsp3) is 0.800. The van der Waals surface area contributed by atoms with Gasteiger partial charge in [0, 0.05) is 12.6 Å². The Balaban J connectivity index is 1.52. The number of hydroxylamine groups is 3. The van der Waals surface area contributed by atoms with Gasteiger partial charge in [-0.1, -0.05) is 0 Å². The highest BCUT2D eigenvalue weighted by atomic mass is 32.3. The lowest BCUT2D eigenvalue weighted by molar-refractivity contribution is -0.191. The third kappa shape index (κ3) is 5.58. The van der Waals surface area contributed by atoms with Gasteiger partial charge in [0.05, 0.1) is 12.6 Å². The maximum atomic E-state index is 12.5. The van der Waals surface area contributed by atoms with Crippen LogP contribution in [0, 0.1) is 5.92 Å². The lowest BCUT2D eigenvalue weighted by Gasteiger charge is -2.29. The number of nitrogens with zero attached hydrogens (tertiary/aromatic N) is 2. The molecule has 2 bridgehead atoms. The van der Waals surface area contributed by atoms with Crippen LogP contribution in [0.1, 0.15) is 19.3 Å². The average Bonchev–Trinajstić information content (AvgIpc) is 3.25. The largest absolute Gasteiger partial charge is 0.492 e. The van der Waals surface area contributed by atoms with Gasteiger partial charge < -0.3 is 20.1 Å². The fourth-order valence-corrected chi connectivity index (χ4v) is 4.44. The van der Waals surface area contributed by atoms with E-state index in [1.54, 1.807) is 0 Å². The van der Waals surface area contributed by atoms with Gasteiger partial charge in [-0.25, -0.2) is 15.1 Å². The zero-order valence-corrected chi connectivity index (χ0v) is 17.4. The Morgan fingerprint density at radius 3 is 2.62 bits per heavy atom. The second-order valence-electron chi connectivity index (χ2n) is 7.58. The van der Waals surface area contributed by atoms with Crippen molar-refractivity contribution < 1.29 is 49.3 Å². The van der Waals surface area contributed by atoms with E-state index >= 15 is 0 Å². The fourth-order valence-electron chi connectivity index (χ4n) is 3.75. The van der Waals surface area contributed by atoms with Crippen molar-refractivity contribution in [3.05, 3.63) is 0 Å². The molecule has 17 heteroatoms. The summed E-state index contributed by atoms with van der Waals surface area (Å²) in [7, 11) is -5.52. The van der Waals surface area contributed by atoms with Crippen LogP contribution in [0.2, 0.25) is 0 Å². The number of carbonyl (C=O) groups excluding carboxylic acids is 3. The van der Waals surface area contributed by atoms with Crippen molar-refractivity contribution >= 4 is 28.3 Å². The third-order valence-corrected chi connectivity index (χ3v) is 6.01. The van der Waals surface area contributed by atoms with Crippen LogP contribution in [0.4, 0.5) is 18.0 Å². The minimum Gasteiger partial charge on any atom is -0.330 e. The lowest BCUT2D eigenvalue weighted by Crippen LogP contribution is -2.50. The SMILES string of the molecule is NC[C@@H]1CN[C@@H](CONC(=O)[C@@H]2CC[C@@H]3CN2C(=O)N3OS(=O)(=O)OC(=O)C(F)(F)F)C1. The summed E-state index contributed by atoms with van der Waals surface area (Å²) in [6, 6.07) is -2.96. The number of nitrogens with two attached hydrogens (primary N) is 1. The molecule has 32 heavy (non-hydrogen) atoms. The van der Waals surface area contributed by atoms with Gasteiger partial charge >= 0.3 is 28.6 Å². The zero-order chi connectivity index (χ0) is 23.7. The van der Waals surface area contributed by atoms with Crippen molar-refractivity contribution in [2.45, 2.75) is 43.6 Å². The summed E-state index contributed by atoms with van der Waals surface area (Å²) in [5.74, 6) is -3.36. The summed E-state index contributed by atoms with van der Waals surface area (Å²) in [5, 5.41) is 3.47. The van der Waals surface area contributed by atoms with E-state index in [1.165, 1.54) is 0 Å². The van der Waals surface area contributed by atoms with Crippen LogP contribution < -0.4 is 16.5 Å². The second-order valence-corrected chi connectivity index (χ2v) is 8.71. The van der Waals surface area contributed by atoms with E-state index in [2.05, 4.69) is 19.3 Å². The molecule has 3 fully saturated rings. The van der Waals surface area contributed by atoms with Gasteiger partial charge in [0.25, 0.3) is 5.91 Å². The third-order valence-electron chi connectivity index (χ3n) is 5.31. The van der Waals surface area contributed by atoms with Crippen LogP contribution >= 0.6 is 0 Å². The van der Waals surface area contributed by atoms with E-state index in [0.717, 1.165) is 17.9 Å². The van der Waals surface area contributed by atoms with Crippen molar-refractivity contribution in [3.63, 3.8) is 0 Å². The normalized spacial score (nSPS) is 28.2. The summed E-state index contributed by atoms with van der Waals surface area (Å²) in [4.78, 5) is 41.8. The van der Waals surface area contributed by atoms with Gasteiger partial charge in [-0.3, -0.25) is 9.63 Å². The number of piperidine rings is 1. The van der Waals surface area contributed by atoms with Crippen molar-refractivity contribution in [2.75, 3.05) is 26.2 Å². The molecule has 0 aliphatic carbocycles. The quantitative estimate of drug-likeness (QED) is 0.342. The number of fused-ring (bicyclic) bond motifs is 2. The monoisotopic (exact) mass is 489 g/mol. The standard InChI is InChI=1S/C15H22F3N5O8S/c16-15(17,18)13(25)30-32(27,28)31-23-10-1-2-11(22(6-10)14(23)26)12(24)21-29-7-9-3-8(4-19)5-20-9/h8-11,20H,1-7,19H2,(H,21,24)/t8-,9-,10-,11+/m1/s1. The van der Waals surface area contributed by atoms with Gasteiger partial charge in [0.1, 0.15) is 6.04 Å². The summed E-state index contributed by atoms with van der Waals surface area (Å²) >= 11 is 0. The molecule has 0 aromatic heterocycles. The van der Waals surface area contributed by atoms with Gasteiger partial charge in [0.15, 0.2) is 0 Å². The second kappa shape index (κ2) is 9.34. The van der Waals surface area contributed by atoms with E-state index in [-0.39, 0.29) is 37.1 Å². The van der Waals surface area contributed by atoms with Crippen molar-refractivity contribution in [1.82, 2.24) is 20.8 Å². The predicted molar refractivity (Wildman–Crippen MR) is 95.9 cm³/mol. The van der Waals surface area contributed by atoms with E-state index in [0.29, 0.717) is 12.5 Å². The highest BCUT2D eigenvalue weighted by molar-refractivity contribution is 7.82. The van der Waals surface area contributed by atoms with E-state index < -0.39 is 46.6 Å². The van der Waals surface area contributed by atoms with E-state index in [4.69, 9.17) is 10.6 Å². The van der Waals surface area contributed by atoms with Crippen LogP contribution in [0.25, 0.3) is 0 Å². The van der Waals surface area contributed by atoms with Crippen molar-refractivity contribution in [2.24, 2.45) is 11.7 Å². The Morgan fingerprint density at radius 1 is 1.28 bits per heavy atom. The summed E-state index contributed by atoms with van der Waals surface area (Å²) in [5.41, 5.74) is 7.84. The molecule has 0 saturated carbocycles. The number of amides is 3. The molecule has 0 aromatic rings. The predicted octanol–water partition coefficient (Wildman–Crippen LogP) is -1.48. The molecule has 3 saturated heterocycles. The van der Waals surface area contributed by atoms with E-state index in [9.17, 15) is 36.0 Å². The Morgan fingerprint density at radius 2 is 2.00 bits per heavy atom. The number of halogens is 3. The highest BCUT2D eigenvalue weighted by Gasteiger charge is 2.51. The maximum Gasteiger partial charge on any atom is 0.492 e. The Labute approximate surface area is 180 Å². The smallest absolute Gasteiger partial charge is 0.330 e. The molecule has 3 heterocycles. The first-order valence-corrected chi connectivity index (χ1v) is 10.9. The number of nitrogens with one attached hydrogen (secondary N) is 2. The molecule has 0 unspecified atom stereocenters. The molecule has 182 valence electrons. The number of alkyl halides is 3. The number of carbonyl (C=O) groups is 3.